The molecule has 0 bridgehead atoms. The van der Waals surface area contributed by atoms with Gasteiger partial charge < -0.3 is 5.11 Å². The van der Waals surface area contributed by atoms with Gasteiger partial charge in [0.2, 0.25) is 0 Å². The zero-order chi connectivity index (χ0) is 20.7. The number of rotatable bonds is 21. The molecule has 0 aromatic rings. The molecule has 0 amide bonds. The molecule has 5 heteroatoms. The van der Waals surface area contributed by atoms with Gasteiger partial charge in [0.05, 0.1) is 12.7 Å². The average molecular weight is 398 g/mol. The van der Waals surface area contributed by atoms with Crippen LogP contribution in [-0.2, 0) is 4.84 Å². The summed E-state index contributed by atoms with van der Waals surface area (Å²) in [5, 5.41) is 11.5. The van der Waals surface area contributed by atoms with E-state index in [2.05, 4.69) is 35.1 Å². The second-order valence-corrected chi connectivity index (χ2v) is 7.60. The molecule has 0 rings (SSSR count). The van der Waals surface area contributed by atoms with E-state index < -0.39 is 6.10 Å². The lowest BCUT2D eigenvalue weighted by molar-refractivity contribution is -0.177. The highest BCUT2D eigenvalue weighted by atomic mass is 16.7. The summed E-state index contributed by atoms with van der Waals surface area (Å²) in [5.41, 5.74) is 0. The van der Waals surface area contributed by atoms with E-state index in [9.17, 15) is 5.11 Å². The van der Waals surface area contributed by atoms with Crippen molar-refractivity contribution in [1.82, 2.24) is 5.06 Å². The van der Waals surface area contributed by atoms with Gasteiger partial charge in [0, 0.05) is 26.2 Å². The number of nitrogens with zero attached hydrogens (tertiary/aromatic N) is 3. The highest BCUT2D eigenvalue weighted by molar-refractivity contribution is 5.57. The molecule has 0 spiro atoms. The summed E-state index contributed by atoms with van der Waals surface area (Å²) in [7, 11) is 0. The van der Waals surface area contributed by atoms with Gasteiger partial charge in [-0.3, -0.25) is 14.8 Å². The van der Waals surface area contributed by atoms with E-state index in [0.29, 0.717) is 6.61 Å². The first-order valence-electron chi connectivity index (χ1n) is 11.7. The SMILES string of the molecule is CCCCC=NCCCCCCCCN(CCCCC=NCC)OCC(C)O. The predicted molar refractivity (Wildman–Crippen MR) is 123 cm³/mol. The normalized spacial score (nSPS) is 13.3. The lowest BCUT2D eigenvalue weighted by Crippen LogP contribution is -2.29. The van der Waals surface area contributed by atoms with E-state index in [1.165, 1.54) is 44.9 Å². The molecule has 0 aliphatic rings. The van der Waals surface area contributed by atoms with Crippen LogP contribution in [0.25, 0.3) is 0 Å². The van der Waals surface area contributed by atoms with E-state index >= 15 is 0 Å². The molecule has 0 aromatic heterocycles. The smallest absolute Gasteiger partial charge is 0.0941 e. The van der Waals surface area contributed by atoms with E-state index in [-0.39, 0.29) is 0 Å². The molecule has 0 fully saturated rings. The third-order valence-corrected chi connectivity index (χ3v) is 4.56. The Hall–Kier alpha value is -0.780. The fourth-order valence-corrected chi connectivity index (χ4v) is 2.87. The molecular weight excluding hydrogens is 350 g/mol. The van der Waals surface area contributed by atoms with Crippen LogP contribution in [0.15, 0.2) is 9.98 Å². The summed E-state index contributed by atoms with van der Waals surface area (Å²) in [6.07, 6.45) is 18.1. The zero-order valence-electron chi connectivity index (χ0n) is 18.9. The number of unbranched alkanes of at least 4 members (excludes halogenated alkanes) is 9. The largest absolute Gasteiger partial charge is 0.391 e. The number of aliphatic hydroxyl groups excluding tert-OH is 1. The Morgan fingerprint density at radius 3 is 2.11 bits per heavy atom. The first-order chi connectivity index (χ1) is 13.7. The minimum atomic E-state index is -0.413. The number of hydrogen-bond acceptors (Lipinski definition) is 5. The van der Waals surface area contributed by atoms with Crippen LogP contribution in [-0.4, -0.2) is 61.5 Å². The van der Waals surface area contributed by atoms with Gasteiger partial charge in [0.15, 0.2) is 0 Å². The van der Waals surface area contributed by atoms with Crippen LogP contribution in [0.4, 0.5) is 0 Å². The molecule has 0 radical (unpaired) electrons. The molecule has 1 unspecified atom stereocenters. The Kier molecular flexibility index (Phi) is 21.9. The van der Waals surface area contributed by atoms with Crippen molar-refractivity contribution in [3.63, 3.8) is 0 Å². The van der Waals surface area contributed by atoms with Crippen molar-refractivity contribution in [3.8, 4) is 0 Å². The third-order valence-electron chi connectivity index (χ3n) is 4.56. The molecule has 1 atom stereocenters. The third kappa shape index (κ3) is 21.5. The molecule has 1 N–H and O–H groups in total. The van der Waals surface area contributed by atoms with Gasteiger partial charge in [-0.1, -0.05) is 39.0 Å². The first kappa shape index (κ1) is 27.2. The van der Waals surface area contributed by atoms with E-state index in [0.717, 1.165) is 58.3 Å². The van der Waals surface area contributed by atoms with Crippen molar-refractivity contribution in [3.05, 3.63) is 0 Å². The number of aliphatic hydroxyl groups is 1. The van der Waals surface area contributed by atoms with Crippen LogP contribution >= 0.6 is 0 Å². The Labute approximate surface area is 174 Å². The lowest BCUT2D eigenvalue weighted by Gasteiger charge is -2.22. The fourth-order valence-electron chi connectivity index (χ4n) is 2.87. The number of aliphatic imine (C=N–C) groups is 2. The average Bonchev–Trinajstić information content (AvgIpc) is 2.68. The van der Waals surface area contributed by atoms with Crippen molar-refractivity contribution in [1.29, 1.82) is 0 Å². The van der Waals surface area contributed by atoms with Gasteiger partial charge in [-0.2, -0.15) is 5.06 Å². The van der Waals surface area contributed by atoms with Gasteiger partial charge in [0.1, 0.15) is 0 Å². The zero-order valence-corrected chi connectivity index (χ0v) is 18.9. The van der Waals surface area contributed by atoms with Gasteiger partial charge in [-0.25, -0.2) is 0 Å². The van der Waals surface area contributed by atoms with Gasteiger partial charge in [-0.05, 0) is 71.2 Å². The Balaban J connectivity index is 3.68. The van der Waals surface area contributed by atoms with Crippen molar-refractivity contribution >= 4 is 12.4 Å². The second kappa shape index (κ2) is 22.5. The molecule has 5 nitrogen and oxygen atoms in total. The molecule has 0 heterocycles. The summed E-state index contributed by atoms with van der Waals surface area (Å²) in [6.45, 7) is 10.2. The van der Waals surface area contributed by atoms with Gasteiger partial charge in [0.25, 0.3) is 0 Å². The molecule has 0 aromatic carbocycles. The van der Waals surface area contributed by atoms with E-state index in [1.807, 2.05) is 6.21 Å². The molecular formula is C23H47N3O2. The highest BCUT2D eigenvalue weighted by Crippen LogP contribution is 2.08. The minimum Gasteiger partial charge on any atom is -0.391 e. The predicted octanol–water partition coefficient (Wildman–Crippen LogP) is 5.46. The summed E-state index contributed by atoms with van der Waals surface area (Å²) in [5.74, 6) is 0. The maximum atomic E-state index is 9.46. The number of hydrogen-bond donors (Lipinski definition) is 1. The topological polar surface area (TPSA) is 57.4 Å². The maximum absolute atomic E-state index is 9.46. The van der Waals surface area contributed by atoms with E-state index in [4.69, 9.17) is 4.84 Å². The quantitative estimate of drug-likeness (QED) is 0.159. The van der Waals surface area contributed by atoms with Crippen LogP contribution < -0.4 is 0 Å². The minimum absolute atomic E-state index is 0.385. The molecule has 0 saturated carbocycles. The summed E-state index contributed by atoms with van der Waals surface area (Å²) in [4.78, 5) is 14.5. The Morgan fingerprint density at radius 2 is 1.43 bits per heavy atom. The van der Waals surface area contributed by atoms with Gasteiger partial charge >= 0.3 is 0 Å². The molecule has 0 aliphatic heterocycles. The van der Waals surface area contributed by atoms with Crippen LogP contribution in [0.2, 0.25) is 0 Å². The number of hydroxylamine groups is 2. The second-order valence-electron chi connectivity index (χ2n) is 7.60. The van der Waals surface area contributed by atoms with Crippen molar-refractivity contribution in [2.75, 3.05) is 32.8 Å². The summed E-state index contributed by atoms with van der Waals surface area (Å²) in [6, 6.07) is 0. The molecule has 166 valence electrons. The van der Waals surface area contributed by atoms with Crippen molar-refractivity contribution < 1.29 is 9.94 Å². The molecule has 28 heavy (non-hydrogen) atoms. The standard InChI is InChI=1S/C23H47N3O2/c1-4-6-12-18-25-19-13-9-7-8-10-15-20-26(28-22-23(3)27)21-16-11-14-17-24-5-2/h17-18,23,27H,4-16,19-22H2,1-3H3. The molecule has 0 saturated heterocycles. The fraction of sp³-hybridized carbons (Fsp3) is 0.913. The Morgan fingerprint density at radius 1 is 0.821 bits per heavy atom. The van der Waals surface area contributed by atoms with Crippen LogP contribution in [0.1, 0.15) is 97.8 Å². The van der Waals surface area contributed by atoms with Crippen molar-refractivity contribution in [2.24, 2.45) is 9.98 Å². The Bertz CT molecular complexity index is 360. The van der Waals surface area contributed by atoms with E-state index in [1.54, 1.807) is 6.92 Å². The van der Waals surface area contributed by atoms with Gasteiger partial charge in [-0.15, -0.1) is 0 Å². The highest BCUT2D eigenvalue weighted by Gasteiger charge is 2.07. The lowest BCUT2D eigenvalue weighted by atomic mass is 10.1. The van der Waals surface area contributed by atoms with Crippen LogP contribution in [0.5, 0.6) is 0 Å². The first-order valence-corrected chi connectivity index (χ1v) is 11.7. The molecule has 0 aliphatic carbocycles. The maximum Gasteiger partial charge on any atom is 0.0941 e. The van der Waals surface area contributed by atoms with Crippen LogP contribution in [0, 0.1) is 0 Å². The monoisotopic (exact) mass is 397 g/mol. The van der Waals surface area contributed by atoms with Crippen molar-refractivity contribution in [2.45, 2.75) is 104 Å². The van der Waals surface area contributed by atoms with Crippen LogP contribution in [0.3, 0.4) is 0 Å². The summed E-state index contributed by atoms with van der Waals surface area (Å²) < 4.78 is 0. The summed E-state index contributed by atoms with van der Waals surface area (Å²) >= 11 is 0.